The lowest BCUT2D eigenvalue weighted by molar-refractivity contribution is 0.767. The van der Waals surface area contributed by atoms with Crippen LogP contribution in [0.25, 0.3) is 0 Å². The van der Waals surface area contributed by atoms with Gasteiger partial charge in [0.05, 0.1) is 6.04 Å². The first kappa shape index (κ1) is 16.1. The van der Waals surface area contributed by atoms with Crippen molar-refractivity contribution >= 4 is 23.0 Å². The quantitative estimate of drug-likeness (QED) is 0.691. The molecule has 4 heteroatoms. The van der Waals surface area contributed by atoms with Crippen molar-refractivity contribution in [2.24, 2.45) is 0 Å². The van der Waals surface area contributed by atoms with Gasteiger partial charge in [0.2, 0.25) is 0 Å². The molecule has 0 aliphatic carbocycles. The van der Waals surface area contributed by atoms with E-state index in [0.717, 1.165) is 5.69 Å². The van der Waals surface area contributed by atoms with Gasteiger partial charge in [-0.2, -0.15) is 0 Å². The van der Waals surface area contributed by atoms with Crippen LogP contribution in [0.5, 0.6) is 0 Å². The highest BCUT2D eigenvalue weighted by atomic mass is 32.1. The number of anilines is 1. The van der Waals surface area contributed by atoms with Gasteiger partial charge in [-0.25, -0.2) is 0 Å². The van der Waals surface area contributed by atoms with Gasteiger partial charge in [-0.15, -0.1) is 0 Å². The highest BCUT2D eigenvalue weighted by molar-refractivity contribution is 7.80. The molecular weight excluding hydrogens is 314 g/mol. The van der Waals surface area contributed by atoms with Crippen molar-refractivity contribution in [1.82, 2.24) is 10.3 Å². The molecule has 0 saturated carbocycles. The fraction of sp³-hybridized carbons (Fsp3) is 0.100. The highest BCUT2D eigenvalue weighted by Gasteiger charge is 2.15. The third kappa shape index (κ3) is 4.18. The maximum Gasteiger partial charge on any atom is 0.171 e. The lowest BCUT2D eigenvalue weighted by Crippen LogP contribution is -2.33. The van der Waals surface area contributed by atoms with Gasteiger partial charge in [0, 0.05) is 18.1 Å². The standard InChI is InChI=1S/C20H19N3S/c1-15-6-5-9-17(14-15)19(16-7-3-2-4-8-16)23-20(24)22-18-10-12-21-13-11-18/h2-14,19H,1H3,(H2,21,22,23,24). The zero-order valence-electron chi connectivity index (χ0n) is 13.4. The van der Waals surface area contributed by atoms with Crippen LogP contribution in [0, 0.1) is 6.92 Å². The molecule has 2 N–H and O–H groups in total. The van der Waals surface area contributed by atoms with Crippen LogP contribution in [0.4, 0.5) is 5.69 Å². The van der Waals surface area contributed by atoms with E-state index in [9.17, 15) is 0 Å². The number of thiocarbonyl (C=S) groups is 1. The molecule has 0 amide bonds. The molecule has 0 aliphatic rings. The van der Waals surface area contributed by atoms with E-state index in [1.165, 1.54) is 16.7 Å². The van der Waals surface area contributed by atoms with Gasteiger partial charge in [0.15, 0.2) is 5.11 Å². The summed E-state index contributed by atoms with van der Waals surface area (Å²) in [7, 11) is 0. The molecule has 0 aliphatic heterocycles. The average Bonchev–Trinajstić information content (AvgIpc) is 2.61. The van der Waals surface area contributed by atoms with E-state index in [0.29, 0.717) is 5.11 Å². The van der Waals surface area contributed by atoms with Crippen molar-refractivity contribution in [2.75, 3.05) is 5.32 Å². The number of pyridine rings is 1. The normalized spacial score (nSPS) is 11.5. The SMILES string of the molecule is Cc1cccc(C(NC(=S)Nc2ccncc2)c2ccccc2)c1. The number of hydrogen-bond acceptors (Lipinski definition) is 2. The number of aromatic nitrogens is 1. The van der Waals surface area contributed by atoms with Crippen molar-refractivity contribution < 1.29 is 0 Å². The minimum absolute atomic E-state index is 0.00654. The van der Waals surface area contributed by atoms with Gasteiger partial charge < -0.3 is 10.6 Å². The minimum Gasteiger partial charge on any atom is -0.352 e. The molecular formula is C20H19N3S. The predicted octanol–water partition coefficient (Wildman–Crippen LogP) is 4.47. The Hall–Kier alpha value is -2.72. The Bertz CT molecular complexity index is 803. The van der Waals surface area contributed by atoms with Gasteiger partial charge in [-0.05, 0) is 42.4 Å². The molecule has 24 heavy (non-hydrogen) atoms. The lowest BCUT2D eigenvalue weighted by Gasteiger charge is -2.22. The van der Waals surface area contributed by atoms with Crippen LogP contribution < -0.4 is 10.6 Å². The zero-order chi connectivity index (χ0) is 16.8. The molecule has 1 heterocycles. The third-order valence-corrected chi connectivity index (χ3v) is 3.94. The number of nitrogens with zero attached hydrogens (tertiary/aromatic N) is 1. The Labute approximate surface area is 147 Å². The molecule has 1 unspecified atom stereocenters. The molecule has 3 rings (SSSR count). The Balaban J connectivity index is 1.84. The summed E-state index contributed by atoms with van der Waals surface area (Å²) in [6, 6.07) is 22.5. The summed E-state index contributed by atoms with van der Waals surface area (Å²) in [6.45, 7) is 2.10. The van der Waals surface area contributed by atoms with Gasteiger partial charge >= 0.3 is 0 Å². The average molecular weight is 333 g/mol. The molecule has 1 aromatic heterocycles. The first-order valence-corrected chi connectivity index (χ1v) is 8.22. The number of nitrogens with one attached hydrogen (secondary N) is 2. The summed E-state index contributed by atoms with van der Waals surface area (Å²) in [4.78, 5) is 4.01. The lowest BCUT2D eigenvalue weighted by atomic mass is 9.97. The second-order valence-electron chi connectivity index (χ2n) is 5.59. The second kappa shape index (κ2) is 7.70. The van der Waals surface area contributed by atoms with Gasteiger partial charge in [0.1, 0.15) is 0 Å². The van der Waals surface area contributed by atoms with Crippen LogP contribution >= 0.6 is 12.2 Å². The number of aryl methyl sites for hydroxylation is 1. The molecule has 0 saturated heterocycles. The molecule has 0 spiro atoms. The second-order valence-corrected chi connectivity index (χ2v) is 6.00. The number of benzene rings is 2. The fourth-order valence-corrected chi connectivity index (χ4v) is 2.82. The fourth-order valence-electron chi connectivity index (χ4n) is 2.59. The first-order chi connectivity index (χ1) is 11.7. The van der Waals surface area contributed by atoms with Crippen molar-refractivity contribution in [3.63, 3.8) is 0 Å². The molecule has 3 nitrogen and oxygen atoms in total. The van der Waals surface area contributed by atoms with E-state index in [-0.39, 0.29) is 6.04 Å². The Morgan fingerprint density at radius 1 is 0.917 bits per heavy atom. The molecule has 3 aromatic rings. The van der Waals surface area contributed by atoms with Gasteiger partial charge in [-0.1, -0.05) is 60.2 Å². The van der Waals surface area contributed by atoms with Crippen LogP contribution in [0.2, 0.25) is 0 Å². The summed E-state index contributed by atoms with van der Waals surface area (Å²) in [5.74, 6) is 0. The summed E-state index contributed by atoms with van der Waals surface area (Å²) in [6.07, 6.45) is 3.47. The van der Waals surface area contributed by atoms with Crippen LogP contribution in [0.15, 0.2) is 79.1 Å². The molecule has 120 valence electrons. The monoisotopic (exact) mass is 333 g/mol. The highest BCUT2D eigenvalue weighted by Crippen LogP contribution is 2.23. The van der Waals surface area contributed by atoms with E-state index in [4.69, 9.17) is 12.2 Å². The van der Waals surface area contributed by atoms with Crippen LogP contribution in [0.1, 0.15) is 22.7 Å². The Morgan fingerprint density at radius 3 is 2.33 bits per heavy atom. The van der Waals surface area contributed by atoms with Crippen molar-refractivity contribution in [3.8, 4) is 0 Å². The van der Waals surface area contributed by atoms with Crippen LogP contribution in [-0.2, 0) is 0 Å². The van der Waals surface area contributed by atoms with Crippen LogP contribution in [0.3, 0.4) is 0 Å². The van der Waals surface area contributed by atoms with E-state index >= 15 is 0 Å². The first-order valence-electron chi connectivity index (χ1n) is 7.81. The van der Waals surface area contributed by atoms with E-state index in [1.807, 2.05) is 30.3 Å². The molecule has 0 fully saturated rings. The minimum atomic E-state index is -0.00654. The van der Waals surface area contributed by atoms with Crippen molar-refractivity contribution in [2.45, 2.75) is 13.0 Å². The maximum atomic E-state index is 5.50. The summed E-state index contributed by atoms with van der Waals surface area (Å²) in [5, 5.41) is 7.21. The third-order valence-electron chi connectivity index (χ3n) is 3.72. The predicted molar refractivity (Wildman–Crippen MR) is 103 cm³/mol. The Morgan fingerprint density at radius 2 is 1.62 bits per heavy atom. The van der Waals surface area contributed by atoms with Gasteiger partial charge in [-0.3, -0.25) is 4.98 Å². The molecule has 2 aromatic carbocycles. The number of rotatable bonds is 4. The molecule has 1 atom stereocenters. The largest absolute Gasteiger partial charge is 0.352 e. The van der Waals surface area contributed by atoms with E-state index in [2.05, 4.69) is 58.9 Å². The van der Waals surface area contributed by atoms with Gasteiger partial charge in [0.25, 0.3) is 0 Å². The van der Waals surface area contributed by atoms with Crippen molar-refractivity contribution in [3.05, 3.63) is 95.8 Å². The molecule has 0 radical (unpaired) electrons. The Kier molecular flexibility index (Phi) is 5.18. The van der Waals surface area contributed by atoms with E-state index in [1.54, 1.807) is 12.4 Å². The maximum absolute atomic E-state index is 5.50. The van der Waals surface area contributed by atoms with E-state index < -0.39 is 0 Å². The zero-order valence-corrected chi connectivity index (χ0v) is 14.3. The molecule has 0 bridgehead atoms. The summed E-state index contributed by atoms with van der Waals surface area (Å²) >= 11 is 5.50. The van der Waals surface area contributed by atoms with Crippen LogP contribution in [-0.4, -0.2) is 10.1 Å². The topological polar surface area (TPSA) is 37.0 Å². The summed E-state index contributed by atoms with van der Waals surface area (Å²) < 4.78 is 0. The number of hydrogen-bond donors (Lipinski definition) is 2. The summed E-state index contributed by atoms with van der Waals surface area (Å²) in [5.41, 5.74) is 4.49. The van der Waals surface area contributed by atoms with Crippen molar-refractivity contribution in [1.29, 1.82) is 0 Å². The smallest absolute Gasteiger partial charge is 0.171 e.